The highest BCUT2D eigenvalue weighted by Crippen LogP contribution is 2.34. The molecule has 0 aliphatic carbocycles. The maximum atomic E-state index is 11.0. The van der Waals surface area contributed by atoms with Gasteiger partial charge in [-0.25, -0.2) is 4.79 Å². The summed E-state index contributed by atoms with van der Waals surface area (Å²) < 4.78 is 5.24. The number of nitro groups is 1. The van der Waals surface area contributed by atoms with Crippen molar-refractivity contribution in [1.29, 1.82) is 0 Å². The summed E-state index contributed by atoms with van der Waals surface area (Å²) in [6, 6.07) is 1.98. The van der Waals surface area contributed by atoms with E-state index in [2.05, 4.69) is 0 Å². The Bertz CT molecular complexity index is 472. The van der Waals surface area contributed by atoms with E-state index in [4.69, 9.17) is 21.4 Å². The van der Waals surface area contributed by atoms with Crippen molar-refractivity contribution < 1.29 is 19.6 Å². The number of halogens is 1. The van der Waals surface area contributed by atoms with Crippen molar-refractivity contribution in [3.8, 4) is 5.75 Å². The van der Waals surface area contributed by atoms with Gasteiger partial charge in [0.2, 0.25) is 0 Å². The molecule has 17 heavy (non-hydrogen) atoms. The van der Waals surface area contributed by atoms with E-state index < -0.39 is 10.9 Å². The predicted molar refractivity (Wildman–Crippen MR) is 60.8 cm³/mol. The normalized spacial score (nSPS) is 10.4. The number of carboxylic acid groups (broad SMARTS) is 1. The van der Waals surface area contributed by atoms with Gasteiger partial charge in [-0.15, -0.1) is 0 Å². The highest BCUT2D eigenvalue weighted by atomic mass is 35.5. The number of hydrogen-bond donors (Lipinski definition) is 1. The zero-order chi connectivity index (χ0) is 13.2. The second-order valence-electron chi connectivity index (χ2n) is 3.53. The third-order valence-corrected chi connectivity index (χ3v) is 2.10. The maximum absolute atomic E-state index is 11.0. The minimum absolute atomic E-state index is 0.0558. The molecule has 6 nitrogen and oxygen atoms in total. The fourth-order valence-electron chi connectivity index (χ4n) is 1.20. The summed E-state index contributed by atoms with van der Waals surface area (Å²) in [5.74, 6) is -1.38. The van der Waals surface area contributed by atoms with Gasteiger partial charge in [-0.1, -0.05) is 11.6 Å². The van der Waals surface area contributed by atoms with E-state index in [1.807, 2.05) is 0 Å². The van der Waals surface area contributed by atoms with Gasteiger partial charge < -0.3 is 9.84 Å². The molecule has 0 unspecified atom stereocenters. The third-order valence-electron chi connectivity index (χ3n) is 1.82. The molecule has 92 valence electrons. The molecule has 0 heterocycles. The van der Waals surface area contributed by atoms with Crippen molar-refractivity contribution in [1.82, 2.24) is 0 Å². The van der Waals surface area contributed by atoms with E-state index in [9.17, 15) is 14.9 Å². The van der Waals surface area contributed by atoms with Crippen LogP contribution in [0.4, 0.5) is 5.69 Å². The first-order valence-electron chi connectivity index (χ1n) is 4.70. The molecule has 1 aromatic carbocycles. The molecule has 0 atom stereocenters. The van der Waals surface area contributed by atoms with Gasteiger partial charge in [-0.2, -0.15) is 0 Å². The number of rotatable bonds is 4. The molecule has 1 N–H and O–H groups in total. The van der Waals surface area contributed by atoms with Gasteiger partial charge >= 0.3 is 5.97 Å². The third kappa shape index (κ3) is 3.07. The molecule has 0 saturated carbocycles. The van der Waals surface area contributed by atoms with Crippen LogP contribution in [0.5, 0.6) is 5.75 Å². The second-order valence-corrected chi connectivity index (χ2v) is 3.94. The summed E-state index contributed by atoms with van der Waals surface area (Å²) >= 11 is 5.77. The summed E-state index contributed by atoms with van der Waals surface area (Å²) in [7, 11) is 0. The Hall–Kier alpha value is -1.82. The molecule has 1 rings (SSSR count). The van der Waals surface area contributed by atoms with Crippen molar-refractivity contribution in [3.05, 3.63) is 32.8 Å². The van der Waals surface area contributed by atoms with E-state index >= 15 is 0 Å². The molecule has 0 aromatic heterocycles. The molecule has 0 aliphatic heterocycles. The van der Waals surface area contributed by atoms with E-state index in [1.165, 1.54) is 0 Å². The highest BCUT2D eigenvalue weighted by molar-refractivity contribution is 6.32. The quantitative estimate of drug-likeness (QED) is 0.663. The second kappa shape index (κ2) is 5.01. The maximum Gasteiger partial charge on any atom is 0.339 e. The molecule has 0 aliphatic rings. The Labute approximate surface area is 102 Å². The minimum atomic E-state index is -1.33. The van der Waals surface area contributed by atoms with Crippen LogP contribution in [0.25, 0.3) is 0 Å². The number of nitro benzene ring substituents is 1. The summed E-state index contributed by atoms with van der Waals surface area (Å²) in [5.41, 5.74) is -0.707. The largest absolute Gasteiger partial charge is 0.489 e. The molecule has 0 saturated heterocycles. The highest BCUT2D eigenvalue weighted by Gasteiger charge is 2.21. The number of non-ortho nitro benzene ring substituents is 1. The summed E-state index contributed by atoms with van der Waals surface area (Å²) in [4.78, 5) is 20.8. The van der Waals surface area contributed by atoms with Crippen LogP contribution in [0.1, 0.15) is 24.2 Å². The molecule has 7 heteroatoms. The number of nitrogens with zero attached hydrogens (tertiary/aromatic N) is 1. The zero-order valence-electron chi connectivity index (χ0n) is 9.14. The molecule has 1 aromatic rings. The standard InChI is InChI=1S/C10H10ClNO5/c1-5(2)17-9-7(10(13)14)3-6(12(15)16)4-8(9)11/h3-5H,1-2H3,(H,13,14). The Morgan fingerprint density at radius 1 is 1.53 bits per heavy atom. The number of hydrogen-bond acceptors (Lipinski definition) is 4. The minimum Gasteiger partial charge on any atom is -0.489 e. The van der Waals surface area contributed by atoms with Crippen LogP contribution in [-0.4, -0.2) is 22.1 Å². The number of aromatic carboxylic acids is 1. The lowest BCUT2D eigenvalue weighted by molar-refractivity contribution is -0.384. The summed E-state index contributed by atoms with van der Waals surface area (Å²) in [6.45, 7) is 3.40. The smallest absolute Gasteiger partial charge is 0.339 e. The zero-order valence-corrected chi connectivity index (χ0v) is 9.89. The molecule has 0 amide bonds. The van der Waals surface area contributed by atoms with Gasteiger partial charge in [0.05, 0.1) is 16.0 Å². The van der Waals surface area contributed by atoms with Gasteiger partial charge in [0.1, 0.15) is 5.56 Å². The SMILES string of the molecule is CC(C)Oc1c(Cl)cc([N+](=O)[O-])cc1C(=O)O. The van der Waals surface area contributed by atoms with Crippen molar-refractivity contribution >= 4 is 23.3 Å². The van der Waals surface area contributed by atoms with Crippen LogP contribution in [-0.2, 0) is 0 Å². The first kappa shape index (κ1) is 13.2. The number of carbonyl (C=O) groups is 1. The Morgan fingerprint density at radius 3 is 2.53 bits per heavy atom. The topological polar surface area (TPSA) is 89.7 Å². The van der Waals surface area contributed by atoms with E-state index in [0.29, 0.717) is 0 Å². The summed E-state index contributed by atoms with van der Waals surface area (Å²) in [6.07, 6.45) is -0.285. The van der Waals surface area contributed by atoms with Crippen LogP contribution < -0.4 is 4.74 Å². The number of carboxylic acids is 1. The molecule has 0 bridgehead atoms. The fourth-order valence-corrected chi connectivity index (χ4v) is 1.46. The molecule has 0 spiro atoms. The van der Waals surface area contributed by atoms with Crippen LogP contribution >= 0.6 is 11.6 Å². The van der Waals surface area contributed by atoms with E-state index in [-0.39, 0.29) is 28.1 Å². The first-order valence-corrected chi connectivity index (χ1v) is 5.08. The lowest BCUT2D eigenvalue weighted by Gasteiger charge is -2.13. The Kier molecular flexibility index (Phi) is 3.90. The molecule has 0 fully saturated rings. The molecular formula is C10H10ClNO5. The van der Waals surface area contributed by atoms with Crippen molar-refractivity contribution in [2.45, 2.75) is 20.0 Å². The van der Waals surface area contributed by atoms with E-state index in [0.717, 1.165) is 12.1 Å². The van der Waals surface area contributed by atoms with Crippen LogP contribution in [0.2, 0.25) is 5.02 Å². The van der Waals surface area contributed by atoms with E-state index in [1.54, 1.807) is 13.8 Å². The molecule has 0 radical (unpaired) electrons. The Morgan fingerprint density at radius 2 is 2.12 bits per heavy atom. The average molecular weight is 260 g/mol. The van der Waals surface area contributed by atoms with Crippen LogP contribution in [0, 0.1) is 10.1 Å². The lowest BCUT2D eigenvalue weighted by atomic mass is 10.1. The predicted octanol–water partition coefficient (Wildman–Crippen LogP) is 2.73. The first-order chi connectivity index (χ1) is 7.82. The van der Waals surface area contributed by atoms with Gasteiger partial charge in [-0.3, -0.25) is 10.1 Å². The average Bonchev–Trinajstić information content (AvgIpc) is 2.19. The van der Waals surface area contributed by atoms with Gasteiger partial charge in [-0.05, 0) is 13.8 Å². The van der Waals surface area contributed by atoms with Crippen LogP contribution in [0.15, 0.2) is 12.1 Å². The number of benzene rings is 1. The van der Waals surface area contributed by atoms with Gasteiger partial charge in [0.15, 0.2) is 5.75 Å². The Balaban J connectivity index is 3.38. The lowest BCUT2D eigenvalue weighted by Crippen LogP contribution is -2.11. The van der Waals surface area contributed by atoms with Gasteiger partial charge in [0.25, 0.3) is 5.69 Å². The van der Waals surface area contributed by atoms with Gasteiger partial charge in [0, 0.05) is 12.1 Å². The van der Waals surface area contributed by atoms with Crippen molar-refractivity contribution in [2.24, 2.45) is 0 Å². The van der Waals surface area contributed by atoms with Crippen molar-refractivity contribution in [2.75, 3.05) is 0 Å². The fraction of sp³-hybridized carbons (Fsp3) is 0.300. The summed E-state index contributed by atoms with van der Waals surface area (Å²) in [5, 5.41) is 19.4. The monoisotopic (exact) mass is 259 g/mol. The van der Waals surface area contributed by atoms with Crippen molar-refractivity contribution in [3.63, 3.8) is 0 Å². The van der Waals surface area contributed by atoms with Crippen LogP contribution in [0.3, 0.4) is 0 Å². The molecular weight excluding hydrogens is 250 g/mol. The number of ether oxygens (including phenoxy) is 1.